The van der Waals surface area contributed by atoms with Gasteiger partial charge in [0.1, 0.15) is 0 Å². The third-order valence-corrected chi connectivity index (χ3v) is 4.90. The first kappa shape index (κ1) is 16.5. The first-order chi connectivity index (χ1) is 12.5. The lowest BCUT2D eigenvalue weighted by molar-refractivity contribution is -0.115. The fourth-order valence-corrected chi connectivity index (χ4v) is 3.59. The molecule has 3 aromatic rings. The van der Waals surface area contributed by atoms with Gasteiger partial charge < -0.3 is 4.57 Å². The van der Waals surface area contributed by atoms with Gasteiger partial charge >= 0.3 is 0 Å². The molecular weight excluding hydrogens is 358 g/mol. The summed E-state index contributed by atoms with van der Waals surface area (Å²) >= 11 is 0.855. The molecule has 0 atom stereocenters. The summed E-state index contributed by atoms with van der Waals surface area (Å²) in [6.07, 6.45) is 3.49. The topological polar surface area (TPSA) is 51.1 Å². The van der Waals surface area contributed by atoms with Crippen molar-refractivity contribution in [2.24, 2.45) is 0 Å². The highest BCUT2D eigenvalue weighted by Gasteiger charge is 2.25. The zero-order valence-electron chi connectivity index (χ0n) is 13.3. The number of hydrogen-bond acceptors (Lipinski definition) is 3. The largest absolute Gasteiger partial charge is 0.342 e. The lowest BCUT2D eigenvalue weighted by atomic mass is 10.1. The van der Waals surface area contributed by atoms with E-state index in [1.165, 1.54) is 12.1 Å². The zero-order chi connectivity index (χ0) is 18.3. The second kappa shape index (κ2) is 6.42. The SMILES string of the molecule is O=C1NC(=O)C(=Cc2cn(Cc3ccc(F)c(F)c3)c3ccccc23)S1. The summed E-state index contributed by atoms with van der Waals surface area (Å²) in [4.78, 5) is 23.5. The summed E-state index contributed by atoms with van der Waals surface area (Å²) in [5.74, 6) is -2.19. The van der Waals surface area contributed by atoms with Gasteiger partial charge in [0.2, 0.25) is 0 Å². The average Bonchev–Trinajstić information content (AvgIpc) is 3.11. The maximum Gasteiger partial charge on any atom is 0.290 e. The number of fused-ring (bicyclic) bond motifs is 1. The minimum Gasteiger partial charge on any atom is -0.342 e. The van der Waals surface area contributed by atoms with Crippen LogP contribution in [0.4, 0.5) is 13.6 Å². The van der Waals surface area contributed by atoms with Gasteiger partial charge in [0.15, 0.2) is 11.6 Å². The Labute approximate surface area is 151 Å². The van der Waals surface area contributed by atoms with Crippen LogP contribution in [0.25, 0.3) is 17.0 Å². The Morgan fingerprint density at radius 1 is 1.08 bits per heavy atom. The number of imide groups is 1. The number of aromatic nitrogens is 1. The number of rotatable bonds is 3. The molecule has 0 unspecified atom stereocenters. The second-order valence-electron chi connectivity index (χ2n) is 5.83. The molecule has 2 heterocycles. The van der Waals surface area contributed by atoms with Crippen molar-refractivity contribution in [3.63, 3.8) is 0 Å². The molecule has 130 valence electrons. The van der Waals surface area contributed by atoms with Crippen LogP contribution in [0.2, 0.25) is 0 Å². The van der Waals surface area contributed by atoms with E-state index in [4.69, 9.17) is 0 Å². The Morgan fingerprint density at radius 3 is 2.62 bits per heavy atom. The van der Waals surface area contributed by atoms with Gasteiger partial charge in [-0.3, -0.25) is 14.9 Å². The minimum absolute atomic E-state index is 0.325. The van der Waals surface area contributed by atoms with Crippen molar-refractivity contribution >= 4 is 39.9 Å². The van der Waals surface area contributed by atoms with E-state index in [2.05, 4.69) is 5.32 Å². The van der Waals surface area contributed by atoms with Crippen LogP contribution in [0, 0.1) is 11.6 Å². The minimum atomic E-state index is -0.890. The number of hydrogen-bond donors (Lipinski definition) is 1. The fraction of sp³-hybridized carbons (Fsp3) is 0.0526. The molecule has 2 amide bonds. The summed E-state index contributed by atoms with van der Waals surface area (Å²) in [6, 6.07) is 11.4. The van der Waals surface area contributed by atoms with Crippen molar-refractivity contribution < 1.29 is 18.4 Å². The number of carbonyl (C=O) groups excluding carboxylic acids is 2. The van der Waals surface area contributed by atoms with Crippen LogP contribution >= 0.6 is 11.8 Å². The summed E-state index contributed by atoms with van der Waals surface area (Å²) in [7, 11) is 0. The third kappa shape index (κ3) is 3.01. The Kier molecular flexibility index (Phi) is 4.08. The molecule has 1 saturated heterocycles. The molecule has 0 radical (unpaired) electrons. The molecule has 4 nitrogen and oxygen atoms in total. The van der Waals surface area contributed by atoms with Crippen LogP contribution in [0.1, 0.15) is 11.1 Å². The van der Waals surface area contributed by atoms with Crippen LogP contribution < -0.4 is 5.32 Å². The maximum atomic E-state index is 13.5. The van der Waals surface area contributed by atoms with Crippen LogP contribution in [-0.2, 0) is 11.3 Å². The van der Waals surface area contributed by atoms with E-state index in [1.807, 2.05) is 35.0 Å². The first-order valence-electron chi connectivity index (χ1n) is 7.78. The molecule has 1 aliphatic rings. The highest BCUT2D eigenvalue weighted by molar-refractivity contribution is 8.18. The molecule has 0 aliphatic carbocycles. The summed E-state index contributed by atoms with van der Waals surface area (Å²) in [5.41, 5.74) is 2.28. The molecular formula is C19H12F2N2O2S. The van der Waals surface area contributed by atoms with Gasteiger partial charge in [-0.15, -0.1) is 0 Å². The number of amides is 2. The van der Waals surface area contributed by atoms with Crippen molar-refractivity contribution in [2.75, 3.05) is 0 Å². The summed E-state index contributed by atoms with van der Waals surface area (Å²) in [5, 5.41) is 2.73. The Morgan fingerprint density at radius 2 is 1.88 bits per heavy atom. The van der Waals surface area contributed by atoms with Gasteiger partial charge in [-0.25, -0.2) is 8.78 Å². The van der Waals surface area contributed by atoms with Crippen LogP contribution in [0.15, 0.2) is 53.6 Å². The standard InChI is InChI=1S/C19H12F2N2O2S/c20-14-6-5-11(7-15(14)21)9-23-10-12(13-3-1-2-4-16(13)23)8-17-18(24)22-19(25)26-17/h1-8,10H,9H2,(H,22,24,25). The Bertz CT molecular complexity index is 1090. The molecule has 4 rings (SSSR count). The molecule has 0 bridgehead atoms. The predicted molar refractivity (Wildman–Crippen MR) is 96.5 cm³/mol. The quantitative estimate of drug-likeness (QED) is 0.700. The maximum absolute atomic E-state index is 13.5. The summed E-state index contributed by atoms with van der Waals surface area (Å²) < 4.78 is 28.5. The van der Waals surface area contributed by atoms with Gasteiger partial charge in [0.05, 0.1) is 4.91 Å². The van der Waals surface area contributed by atoms with Crippen LogP contribution in [0.5, 0.6) is 0 Å². The van der Waals surface area contributed by atoms with E-state index in [-0.39, 0.29) is 0 Å². The Hall–Kier alpha value is -2.93. The normalized spacial score (nSPS) is 15.8. The van der Waals surface area contributed by atoms with Crippen molar-refractivity contribution in [3.05, 3.63) is 76.3 Å². The predicted octanol–water partition coefficient (Wildman–Crippen LogP) is 4.29. The monoisotopic (exact) mass is 370 g/mol. The van der Waals surface area contributed by atoms with Gasteiger partial charge in [-0.1, -0.05) is 24.3 Å². The molecule has 0 saturated carbocycles. The lowest BCUT2D eigenvalue weighted by Gasteiger charge is -2.06. The number of thioether (sulfide) groups is 1. The van der Waals surface area contributed by atoms with E-state index in [1.54, 1.807) is 6.08 Å². The first-order valence-corrected chi connectivity index (χ1v) is 8.59. The number of carbonyl (C=O) groups is 2. The van der Waals surface area contributed by atoms with Gasteiger partial charge in [0.25, 0.3) is 11.1 Å². The molecule has 1 aromatic heterocycles. The molecule has 7 heteroatoms. The van der Waals surface area contributed by atoms with Crippen LogP contribution in [-0.4, -0.2) is 15.7 Å². The molecule has 1 fully saturated rings. The van der Waals surface area contributed by atoms with Crippen molar-refractivity contribution in [2.45, 2.75) is 6.54 Å². The molecule has 1 aliphatic heterocycles. The van der Waals surface area contributed by atoms with E-state index < -0.39 is 22.8 Å². The number of nitrogens with one attached hydrogen (secondary N) is 1. The summed E-state index contributed by atoms with van der Waals surface area (Å²) in [6.45, 7) is 0.346. The second-order valence-corrected chi connectivity index (χ2v) is 6.84. The highest BCUT2D eigenvalue weighted by Crippen LogP contribution is 2.30. The molecule has 0 spiro atoms. The van der Waals surface area contributed by atoms with Crippen molar-refractivity contribution in [1.82, 2.24) is 9.88 Å². The smallest absolute Gasteiger partial charge is 0.290 e. The number of para-hydroxylation sites is 1. The van der Waals surface area contributed by atoms with E-state index in [0.717, 1.165) is 34.3 Å². The number of halogens is 2. The highest BCUT2D eigenvalue weighted by atomic mass is 32.2. The van der Waals surface area contributed by atoms with Crippen molar-refractivity contribution in [3.8, 4) is 0 Å². The van der Waals surface area contributed by atoms with E-state index in [9.17, 15) is 18.4 Å². The molecule has 1 N–H and O–H groups in total. The Balaban J connectivity index is 1.77. The van der Waals surface area contributed by atoms with Gasteiger partial charge in [-0.2, -0.15) is 0 Å². The third-order valence-electron chi connectivity index (χ3n) is 4.08. The molecule has 2 aromatic carbocycles. The average molecular weight is 370 g/mol. The van der Waals surface area contributed by atoms with Gasteiger partial charge in [-0.05, 0) is 41.6 Å². The zero-order valence-corrected chi connectivity index (χ0v) is 14.1. The number of nitrogens with zero attached hydrogens (tertiary/aromatic N) is 1. The number of benzene rings is 2. The van der Waals surface area contributed by atoms with E-state index in [0.29, 0.717) is 17.0 Å². The van der Waals surface area contributed by atoms with Crippen molar-refractivity contribution in [1.29, 1.82) is 0 Å². The fourth-order valence-electron chi connectivity index (χ4n) is 2.92. The lowest BCUT2D eigenvalue weighted by Crippen LogP contribution is -2.17. The van der Waals surface area contributed by atoms with Gasteiger partial charge in [0, 0.05) is 29.2 Å². The molecule has 26 heavy (non-hydrogen) atoms. The van der Waals surface area contributed by atoms with E-state index >= 15 is 0 Å². The van der Waals surface area contributed by atoms with Crippen LogP contribution in [0.3, 0.4) is 0 Å².